The Hall–Kier alpha value is -1.95. The maximum Gasteiger partial charge on any atom is 0.256 e. The van der Waals surface area contributed by atoms with Crippen molar-refractivity contribution in [3.63, 3.8) is 0 Å². The van der Waals surface area contributed by atoms with E-state index >= 15 is 0 Å². The van der Waals surface area contributed by atoms with Gasteiger partial charge in [-0.25, -0.2) is 9.37 Å². The monoisotopic (exact) mass is 391 g/mol. The average Bonchev–Trinajstić information content (AvgIpc) is 2.58. The molecule has 3 rings (SSSR count). The van der Waals surface area contributed by atoms with Crippen LogP contribution in [0.3, 0.4) is 0 Å². The van der Waals surface area contributed by atoms with Gasteiger partial charge in [-0.1, -0.05) is 0 Å². The van der Waals surface area contributed by atoms with Crippen LogP contribution in [-0.2, 0) is 0 Å². The first-order valence-corrected chi connectivity index (χ1v) is 8.82. The number of aryl methyl sites for hydroxylation is 1. The Labute approximate surface area is 149 Å². The number of hydrogen-bond donors (Lipinski definition) is 1. The van der Waals surface area contributed by atoms with Crippen LogP contribution in [0.5, 0.6) is 0 Å². The number of rotatable bonds is 3. The number of aromatic nitrogens is 1. The highest BCUT2D eigenvalue weighted by molar-refractivity contribution is 9.10. The van der Waals surface area contributed by atoms with Crippen LogP contribution in [-0.4, -0.2) is 24.0 Å². The smallest absolute Gasteiger partial charge is 0.256 e. The predicted octanol–water partition coefficient (Wildman–Crippen LogP) is 4.53. The average molecular weight is 392 g/mol. The van der Waals surface area contributed by atoms with Crippen LogP contribution in [0.4, 0.5) is 15.9 Å². The quantitative estimate of drug-likeness (QED) is 0.835. The normalized spacial score (nSPS) is 14.5. The highest BCUT2D eigenvalue weighted by atomic mass is 79.9. The minimum Gasteiger partial charge on any atom is -0.356 e. The van der Waals surface area contributed by atoms with Gasteiger partial charge in [0.05, 0.1) is 17.4 Å². The fourth-order valence-corrected chi connectivity index (χ4v) is 3.37. The zero-order valence-electron chi connectivity index (χ0n) is 13.5. The van der Waals surface area contributed by atoms with Crippen molar-refractivity contribution in [3.05, 3.63) is 51.9 Å². The fraction of sp³-hybridized carbons (Fsp3) is 0.333. The van der Waals surface area contributed by atoms with Crippen molar-refractivity contribution in [1.82, 2.24) is 4.98 Å². The molecule has 1 aromatic carbocycles. The third-order valence-electron chi connectivity index (χ3n) is 4.14. The second-order valence-electron chi connectivity index (χ2n) is 5.99. The molecular formula is C18H19BrFN3O. The van der Waals surface area contributed by atoms with Crippen molar-refractivity contribution in [2.75, 3.05) is 23.3 Å². The highest BCUT2D eigenvalue weighted by Gasteiger charge is 2.16. The van der Waals surface area contributed by atoms with Gasteiger partial charge in [0, 0.05) is 17.6 Å². The summed E-state index contributed by atoms with van der Waals surface area (Å²) < 4.78 is 13.9. The molecule has 0 radical (unpaired) electrons. The largest absolute Gasteiger partial charge is 0.356 e. The number of pyridine rings is 1. The Morgan fingerprint density at radius 2 is 2.00 bits per heavy atom. The van der Waals surface area contributed by atoms with Crippen molar-refractivity contribution in [1.29, 1.82) is 0 Å². The second kappa shape index (κ2) is 7.30. The molecule has 0 saturated carbocycles. The number of nitrogens with one attached hydrogen (secondary N) is 1. The summed E-state index contributed by atoms with van der Waals surface area (Å²) in [7, 11) is 0. The summed E-state index contributed by atoms with van der Waals surface area (Å²) in [5.74, 6) is 0.158. The van der Waals surface area contributed by atoms with Gasteiger partial charge < -0.3 is 10.2 Å². The minimum atomic E-state index is -0.446. The molecule has 1 aliphatic rings. The number of piperidine rings is 1. The summed E-state index contributed by atoms with van der Waals surface area (Å²) in [4.78, 5) is 19.1. The number of anilines is 2. The molecule has 0 unspecified atom stereocenters. The van der Waals surface area contributed by atoms with Gasteiger partial charge in [-0.2, -0.15) is 0 Å². The molecule has 1 fully saturated rings. The van der Waals surface area contributed by atoms with E-state index in [1.54, 1.807) is 6.20 Å². The Balaban J connectivity index is 1.77. The van der Waals surface area contributed by atoms with Crippen LogP contribution in [0.1, 0.15) is 35.2 Å². The van der Waals surface area contributed by atoms with Crippen molar-refractivity contribution < 1.29 is 9.18 Å². The molecule has 4 nitrogen and oxygen atoms in total. The summed E-state index contributed by atoms with van der Waals surface area (Å²) in [6.45, 7) is 4.04. The molecule has 24 heavy (non-hydrogen) atoms. The Bertz CT molecular complexity index is 760. The summed E-state index contributed by atoms with van der Waals surface area (Å²) >= 11 is 3.27. The van der Waals surface area contributed by atoms with E-state index in [0.29, 0.717) is 10.2 Å². The lowest BCUT2D eigenvalue weighted by Gasteiger charge is -2.29. The van der Waals surface area contributed by atoms with E-state index < -0.39 is 5.82 Å². The first kappa shape index (κ1) is 16.9. The Morgan fingerprint density at radius 3 is 2.71 bits per heavy atom. The number of halogens is 2. The zero-order chi connectivity index (χ0) is 17.1. The molecule has 6 heteroatoms. The van der Waals surface area contributed by atoms with Crippen LogP contribution in [0, 0.1) is 12.7 Å². The van der Waals surface area contributed by atoms with E-state index in [1.807, 2.05) is 13.0 Å². The highest BCUT2D eigenvalue weighted by Crippen LogP contribution is 2.24. The number of benzene rings is 1. The third kappa shape index (κ3) is 3.75. The van der Waals surface area contributed by atoms with Crippen LogP contribution >= 0.6 is 15.9 Å². The minimum absolute atomic E-state index is 0.257. The summed E-state index contributed by atoms with van der Waals surface area (Å²) in [6.07, 6.45) is 5.30. The van der Waals surface area contributed by atoms with E-state index in [1.165, 1.54) is 37.5 Å². The van der Waals surface area contributed by atoms with Crippen LogP contribution in [0.15, 0.2) is 34.9 Å². The number of nitrogens with zero attached hydrogens (tertiary/aromatic N) is 2. The van der Waals surface area contributed by atoms with Gasteiger partial charge in [-0.05, 0) is 71.9 Å². The third-order valence-corrected chi connectivity index (χ3v) is 4.83. The molecule has 0 aliphatic carbocycles. The lowest BCUT2D eigenvalue weighted by atomic mass is 10.1. The van der Waals surface area contributed by atoms with Crippen molar-refractivity contribution >= 4 is 33.3 Å². The molecule has 1 amide bonds. The molecule has 1 aromatic heterocycles. The zero-order valence-corrected chi connectivity index (χ0v) is 15.1. The fourth-order valence-electron chi connectivity index (χ4n) is 2.94. The Morgan fingerprint density at radius 1 is 1.25 bits per heavy atom. The van der Waals surface area contributed by atoms with Crippen LogP contribution in [0.2, 0.25) is 0 Å². The predicted molar refractivity (Wildman–Crippen MR) is 97.1 cm³/mol. The Kier molecular flexibility index (Phi) is 5.14. The van der Waals surface area contributed by atoms with Crippen molar-refractivity contribution in [2.24, 2.45) is 0 Å². The molecule has 2 heterocycles. The maximum atomic E-state index is 13.4. The number of carbonyl (C=O) groups excluding carboxylic acids is 1. The molecule has 1 N–H and O–H groups in total. The molecule has 0 atom stereocenters. The molecular weight excluding hydrogens is 373 g/mol. The summed E-state index contributed by atoms with van der Waals surface area (Å²) in [6, 6.07) is 5.94. The molecule has 1 saturated heterocycles. The molecule has 2 aromatic rings. The van der Waals surface area contributed by atoms with Gasteiger partial charge in [-0.3, -0.25) is 4.79 Å². The first-order valence-electron chi connectivity index (χ1n) is 8.02. The standard InChI is InChI=1S/C18H19BrFN3O/c1-12-9-14(11-21-17(12)23-7-3-2-4-8-23)22-18(24)15-10-13(20)5-6-16(15)19/h5-6,9-11H,2-4,7-8H2,1H3,(H,22,24). The van der Waals surface area contributed by atoms with E-state index in [9.17, 15) is 9.18 Å². The lowest BCUT2D eigenvalue weighted by Crippen LogP contribution is -2.30. The van der Waals surface area contributed by atoms with Gasteiger partial charge in [0.25, 0.3) is 5.91 Å². The lowest BCUT2D eigenvalue weighted by molar-refractivity contribution is 0.102. The number of carbonyl (C=O) groups is 1. The van der Waals surface area contributed by atoms with Gasteiger partial charge in [0.15, 0.2) is 0 Å². The summed E-state index contributed by atoms with van der Waals surface area (Å²) in [5.41, 5.74) is 1.88. The second-order valence-corrected chi connectivity index (χ2v) is 6.84. The summed E-state index contributed by atoms with van der Waals surface area (Å²) in [5, 5.41) is 2.78. The van der Waals surface area contributed by atoms with Gasteiger partial charge in [0.2, 0.25) is 0 Å². The van der Waals surface area contributed by atoms with E-state index in [0.717, 1.165) is 24.5 Å². The van der Waals surface area contributed by atoms with Crippen LogP contribution in [0.25, 0.3) is 0 Å². The number of hydrogen-bond acceptors (Lipinski definition) is 3. The molecule has 0 spiro atoms. The first-order chi connectivity index (χ1) is 11.5. The van der Waals surface area contributed by atoms with Crippen LogP contribution < -0.4 is 10.2 Å². The SMILES string of the molecule is Cc1cc(NC(=O)c2cc(F)ccc2Br)cnc1N1CCCCC1. The van der Waals surface area contributed by atoms with E-state index in [-0.39, 0.29) is 11.5 Å². The molecule has 1 aliphatic heterocycles. The topological polar surface area (TPSA) is 45.2 Å². The number of amides is 1. The van der Waals surface area contributed by atoms with Gasteiger partial charge in [-0.15, -0.1) is 0 Å². The van der Waals surface area contributed by atoms with Crippen molar-refractivity contribution in [2.45, 2.75) is 26.2 Å². The van der Waals surface area contributed by atoms with E-state index in [2.05, 4.69) is 31.1 Å². The maximum absolute atomic E-state index is 13.4. The van der Waals surface area contributed by atoms with Gasteiger partial charge in [0.1, 0.15) is 11.6 Å². The van der Waals surface area contributed by atoms with E-state index in [4.69, 9.17) is 0 Å². The molecule has 126 valence electrons. The van der Waals surface area contributed by atoms with Crippen molar-refractivity contribution in [3.8, 4) is 0 Å². The molecule has 0 bridgehead atoms. The van der Waals surface area contributed by atoms with Gasteiger partial charge >= 0.3 is 0 Å².